The molecule has 2 rings (SSSR count). The molecule has 0 aliphatic heterocycles. The van der Waals surface area contributed by atoms with Gasteiger partial charge in [0.1, 0.15) is 5.75 Å². The molecule has 1 N–H and O–H groups in total. The summed E-state index contributed by atoms with van der Waals surface area (Å²) in [6.07, 6.45) is -3.34. The Bertz CT molecular complexity index is 1120. The summed E-state index contributed by atoms with van der Waals surface area (Å²) >= 11 is 18.4. The first-order chi connectivity index (χ1) is 16.2. The molecule has 0 amide bonds. The fourth-order valence-corrected chi connectivity index (χ4v) is 4.27. The Morgan fingerprint density at radius 1 is 1.06 bits per heavy atom. The van der Waals surface area contributed by atoms with Crippen LogP contribution in [0.3, 0.4) is 0 Å². The van der Waals surface area contributed by atoms with Gasteiger partial charge in [0.2, 0.25) is 15.8 Å². The molecule has 0 radical (unpaired) electrons. The zero-order chi connectivity index (χ0) is 26.4. The third-order valence-corrected chi connectivity index (χ3v) is 6.66. The second-order valence-corrected chi connectivity index (χ2v) is 11.3. The van der Waals surface area contributed by atoms with Gasteiger partial charge in [-0.15, -0.1) is 11.6 Å². The topological polar surface area (TPSA) is 81.7 Å². The number of nitrogens with one attached hydrogen (secondary N) is 1. The standard InChI is InChI=1S/C23H26Cl3F2NO5S/c1-22(2,16-13-18(25)21(19(26)14-16)33-12-4-10-24)15-5-7-17(8-6-15)34-23(27,28)20(30)9-11-29-35(3,31)32/h5-8,13-14,29H,4,9-12H2,1-3H3. The number of benzene rings is 2. The predicted octanol–water partition coefficient (Wildman–Crippen LogP) is 5.81. The molecule has 0 saturated carbocycles. The van der Waals surface area contributed by atoms with Gasteiger partial charge in [-0.25, -0.2) is 13.1 Å². The average Bonchev–Trinajstić information content (AvgIpc) is 2.74. The fraction of sp³-hybridized carbons (Fsp3) is 0.435. The summed E-state index contributed by atoms with van der Waals surface area (Å²) in [7, 11) is -3.60. The van der Waals surface area contributed by atoms with Crippen molar-refractivity contribution in [1.82, 2.24) is 4.72 Å². The maximum absolute atomic E-state index is 14.2. The smallest absolute Gasteiger partial charge is 0.461 e. The number of hydrogen-bond acceptors (Lipinski definition) is 5. The van der Waals surface area contributed by atoms with Crippen molar-refractivity contribution >= 4 is 50.6 Å². The molecule has 0 heterocycles. The van der Waals surface area contributed by atoms with Crippen LogP contribution >= 0.6 is 34.8 Å². The Labute approximate surface area is 218 Å². The van der Waals surface area contributed by atoms with Crippen molar-refractivity contribution in [3.63, 3.8) is 0 Å². The van der Waals surface area contributed by atoms with Crippen LogP contribution in [-0.4, -0.2) is 45.6 Å². The van der Waals surface area contributed by atoms with Crippen LogP contribution in [0.15, 0.2) is 36.4 Å². The second-order valence-electron chi connectivity index (χ2n) is 8.27. The van der Waals surface area contributed by atoms with E-state index in [1.807, 2.05) is 18.6 Å². The third-order valence-electron chi connectivity index (χ3n) is 5.11. The lowest BCUT2D eigenvalue weighted by molar-refractivity contribution is -0.190. The van der Waals surface area contributed by atoms with Crippen LogP contribution in [0.25, 0.3) is 0 Å². The van der Waals surface area contributed by atoms with Gasteiger partial charge in [-0.3, -0.25) is 4.79 Å². The van der Waals surface area contributed by atoms with Crippen molar-refractivity contribution < 1.29 is 31.5 Å². The van der Waals surface area contributed by atoms with Gasteiger partial charge in [-0.1, -0.05) is 49.2 Å². The summed E-state index contributed by atoms with van der Waals surface area (Å²) in [4.78, 5) is 11.8. The van der Waals surface area contributed by atoms with Crippen molar-refractivity contribution in [1.29, 1.82) is 0 Å². The highest BCUT2D eigenvalue weighted by Crippen LogP contribution is 2.41. The molecule has 0 aliphatic carbocycles. The highest BCUT2D eigenvalue weighted by molar-refractivity contribution is 7.88. The van der Waals surface area contributed by atoms with Gasteiger partial charge in [0.05, 0.1) is 22.9 Å². The van der Waals surface area contributed by atoms with E-state index >= 15 is 0 Å². The number of ether oxygens (including phenoxy) is 2. The average molecular weight is 573 g/mol. The highest BCUT2D eigenvalue weighted by atomic mass is 35.5. The Hall–Kier alpha value is -1.65. The summed E-state index contributed by atoms with van der Waals surface area (Å²) in [6.45, 7) is 3.73. The van der Waals surface area contributed by atoms with E-state index in [4.69, 9.17) is 39.5 Å². The van der Waals surface area contributed by atoms with Crippen LogP contribution in [0, 0.1) is 0 Å². The minimum atomic E-state index is -4.11. The Morgan fingerprint density at radius 2 is 1.63 bits per heavy atom. The minimum Gasteiger partial charge on any atom is -0.490 e. The molecule has 2 aromatic rings. The second kappa shape index (κ2) is 12.1. The first-order valence-corrected chi connectivity index (χ1v) is 13.7. The van der Waals surface area contributed by atoms with Crippen LogP contribution in [0.1, 0.15) is 37.8 Å². The molecule has 0 spiro atoms. The molecule has 12 heteroatoms. The summed E-state index contributed by atoms with van der Waals surface area (Å²) in [5.41, 5.74) is 0.903. The molecule has 0 aliphatic rings. The molecule has 0 unspecified atom stereocenters. The lowest BCUT2D eigenvalue weighted by Gasteiger charge is -2.27. The molecule has 0 bridgehead atoms. The van der Waals surface area contributed by atoms with Gasteiger partial charge in [0.15, 0.2) is 5.75 Å². The normalized spacial score (nSPS) is 12.5. The fourth-order valence-electron chi connectivity index (χ4n) is 3.09. The summed E-state index contributed by atoms with van der Waals surface area (Å²) < 4.78 is 62.5. The van der Waals surface area contributed by atoms with Crippen molar-refractivity contribution in [3.05, 3.63) is 57.6 Å². The van der Waals surface area contributed by atoms with Crippen LogP contribution in [0.4, 0.5) is 8.78 Å². The van der Waals surface area contributed by atoms with Gasteiger partial charge in [0.25, 0.3) is 0 Å². The molecule has 0 saturated heterocycles. The zero-order valence-corrected chi connectivity index (χ0v) is 22.4. The Kier molecular flexibility index (Phi) is 10.2. The molecule has 2 aromatic carbocycles. The van der Waals surface area contributed by atoms with Crippen molar-refractivity contribution in [2.45, 2.75) is 38.2 Å². The maximum Gasteiger partial charge on any atom is 0.461 e. The van der Waals surface area contributed by atoms with E-state index < -0.39 is 40.3 Å². The number of ketones is 1. The van der Waals surface area contributed by atoms with Gasteiger partial charge in [-0.05, 0) is 41.8 Å². The van der Waals surface area contributed by atoms with Crippen LogP contribution in [-0.2, 0) is 20.2 Å². The number of alkyl halides is 3. The van der Waals surface area contributed by atoms with Crippen LogP contribution in [0.5, 0.6) is 11.5 Å². The molecule has 6 nitrogen and oxygen atoms in total. The number of carbonyl (C=O) groups is 1. The minimum absolute atomic E-state index is 0.224. The van der Waals surface area contributed by atoms with Crippen molar-refractivity contribution in [2.24, 2.45) is 0 Å². The van der Waals surface area contributed by atoms with E-state index in [1.54, 1.807) is 24.3 Å². The molecule has 0 atom stereocenters. The summed E-state index contributed by atoms with van der Waals surface area (Å²) in [6, 6.07) is 9.28. The van der Waals surface area contributed by atoms with E-state index in [1.165, 1.54) is 12.1 Å². The molecule has 194 valence electrons. The Morgan fingerprint density at radius 3 is 2.14 bits per heavy atom. The van der Waals surface area contributed by atoms with Crippen molar-refractivity contribution in [3.8, 4) is 11.5 Å². The zero-order valence-electron chi connectivity index (χ0n) is 19.3. The largest absolute Gasteiger partial charge is 0.490 e. The van der Waals surface area contributed by atoms with Gasteiger partial charge in [-0.2, -0.15) is 8.78 Å². The number of halogens is 5. The number of carbonyl (C=O) groups excluding carboxylic acids is 1. The molecular weight excluding hydrogens is 547 g/mol. The number of Topliss-reactive ketones (excluding diaryl/α,β-unsaturated/α-hetero) is 1. The van der Waals surface area contributed by atoms with E-state index in [9.17, 15) is 22.0 Å². The quantitative estimate of drug-likeness (QED) is 0.242. The van der Waals surface area contributed by atoms with Gasteiger partial charge in [0, 0.05) is 24.3 Å². The molecule has 0 aromatic heterocycles. The van der Waals surface area contributed by atoms with E-state index in [-0.39, 0.29) is 5.75 Å². The number of rotatable bonds is 13. The van der Waals surface area contributed by atoms with Crippen molar-refractivity contribution in [2.75, 3.05) is 25.3 Å². The Balaban J connectivity index is 2.14. The maximum atomic E-state index is 14.2. The lowest BCUT2D eigenvalue weighted by Crippen LogP contribution is -2.37. The van der Waals surface area contributed by atoms with Gasteiger partial charge < -0.3 is 9.47 Å². The van der Waals surface area contributed by atoms with Crippen LogP contribution < -0.4 is 14.2 Å². The predicted molar refractivity (Wildman–Crippen MR) is 134 cm³/mol. The van der Waals surface area contributed by atoms with E-state index in [0.29, 0.717) is 34.7 Å². The molecular formula is C23H26Cl3F2NO5S. The summed E-state index contributed by atoms with van der Waals surface area (Å²) in [5, 5.41) is 0.664. The highest BCUT2D eigenvalue weighted by Gasteiger charge is 2.41. The van der Waals surface area contributed by atoms with Gasteiger partial charge >= 0.3 is 6.11 Å². The van der Waals surface area contributed by atoms with E-state index in [0.717, 1.165) is 17.4 Å². The first-order valence-electron chi connectivity index (χ1n) is 10.5. The number of hydrogen-bond donors (Lipinski definition) is 1. The molecule has 35 heavy (non-hydrogen) atoms. The van der Waals surface area contributed by atoms with E-state index in [2.05, 4.69) is 4.74 Å². The number of sulfonamides is 1. The first kappa shape index (κ1) is 29.6. The summed E-state index contributed by atoms with van der Waals surface area (Å²) in [5.74, 6) is -0.963. The molecule has 0 fully saturated rings. The third kappa shape index (κ3) is 8.46. The lowest BCUT2D eigenvalue weighted by atomic mass is 9.78. The SMILES string of the molecule is CC(C)(c1ccc(OC(F)(F)C(=O)CCNS(C)(=O)=O)cc1)c1cc(Cl)c(OCCCCl)c(Cl)c1. The van der Waals surface area contributed by atoms with Crippen LogP contribution in [0.2, 0.25) is 10.0 Å². The monoisotopic (exact) mass is 571 g/mol.